The number of benzene rings is 2. The average molecular weight is 392 g/mol. The van der Waals surface area contributed by atoms with Crippen LogP contribution in [0.25, 0.3) is 11.3 Å². The van der Waals surface area contributed by atoms with Crippen LogP contribution in [-0.4, -0.2) is 46.2 Å². The normalized spacial score (nSPS) is 15.6. The van der Waals surface area contributed by atoms with E-state index in [-0.39, 0.29) is 11.6 Å². The van der Waals surface area contributed by atoms with Crippen molar-refractivity contribution < 1.29 is 14.5 Å². The van der Waals surface area contributed by atoms with Crippen LogP contribution < -0.4 is 0 Å². The third kappa shape index (κ3) is 3.27. The average Bonchev–Trinajstić information content (AvgIpc) is 3.26. The zero-order valence-corrected chi connectivity index (χ0v) is 16.1. The highest BCUT2D eigenvalue weighted by atomic mass is 16.6. The predicted octanol–water partition coefficient (Wildman–Crippen LogP) is 3.48. The molecule has 2 heterocycles. The van der Waals surface area contributed by atoms with Crippen molar-refractivity contribution in [2.24, 2.45) is 0 Å². The lowest BCUT2D eigenvalue weighted by molar-refractivity contribution is -0.384. The van der Waals surface area contributed by atoms with E-state index < -0.39 is 11.0 Å². The molecule has 0 saturated heterocycles. The highest BCUT2D eigenvalue weighted by Gasteiger charge is 2.42. The number of carbonyl (C=O) groups excluding carboxylic acids is 1. The van der Waals surface area contributed by atoms with Crippen LogP contribution in [0.1, 0.15) is 33.2 Å². The molecule has 3 aromatic rings. The summed E-state index contributed by atoms with van der Waals surface area (Å²) in [5.74, 6) is -0.161. The van der Waals surface area contributed by atoms with Crippen LogP contribution in [0, 0.1) is 17.0 Å². The first kappa shape index (κ1) is 18.8. The molecule has 0 bridgehead atoms. The van der Waals surface area contributed by atoms with E-state index in [1.165, 1.54) is 12.1 Å². The number of non-ortho nitro benzene ring substituents is 1. The Morgan fingerprint density at radius 2 is 1.86 bits per heavy atom. The molecule has 148 valence electrons. The van der Waals surface area contributed by atoms with Gasteiger partial charge in [-0.1, -0.05) is 29.8 Å². The van der Waals surface area contributed by atoms with Gasteiger partial charge in [0.1, 0.15) is 5.69 Å². The van der Waals surface area contributed by atoms with E-state index >= 15 is 0 Å². The third-order valence-corrected chi connectivity index (χ3v) is 5.14. The number of methoxy groups -OCH3 is 1. The van der Waals surface area contributed by atoms with Gasteiger partial charge in [0.25, 0.3) is 11.6 Å². The van der Waals surface area contributed by atoms with Gasteiger partial charge in [0.15, 0.2) is 0 Å². The van der Waals surface area contributed by atoms with Gasteiger partial charge in [0.2, 0.25) is 0 Å². The Balaban J connectivity index is 1.83. The molecule has 1 N–H and O–H groups in total. The van der Waals surface area contributed by atoms with Crippen molar-refractivity contribution in [2.75, 3.05) is 20.3 Å². The quantitative estimate of drug-likeness (QED) is 0.511. The van der Waals surface area contributed by atoms with Gasteiger partial charge in [0.05, 0.1) is 23.3 Å². The van der Waals surface area contributed by atoms with Gasteiger partial charge in [-0.2, -0.15) is 5.10 Å². The van der Waals surface area contributed by atoms with Crippen LogP contribution in [0.3, 0.4) is 0 Å². The number of fused-ring (bicyclic) bond motifs is 1. The van der Waals surface area contributed by atoms with Crippen LogP contribution in [0.15, 0.2) is 48.5 Å². The molecule has 29 heavy (non-hydrogen) atoms. The predicted molar refractivity (Wildman–Crippen MR) is 107 cm³/mol. The summed E-state index contributed by atoms with van der Waals surface area (Å²) < 4.78 is 5.18. The molecule has 0 saturated carbocycles. The van der Waals surface area contributed by atoms with Crippen molar-refractivity contribution in [3.8, 4) is 11.3 Å². The Hall–Kier alpha value is -3.52. The highest BCUT2D eigenvalue weighted by molar-refractivity contribution is 6.00. The van der Waals surface area contributed by atoms with Crippen LogP contribution in [0.2, 0.25) is 0 Å². The van der Waals surface area contributed by atoms with Crippen molar-refractivity contribution >= 4 is 11.6 Å². The van der Waals surface area contributed by atoms with E-state index in [0.29, 0.717) is 24.5 Å². The molecule has 0 radical (unpaired) electrons. The minimum Gasteiger partial charge on any atom is -0.383 e. The molecule has 1 aliphatic rings. The van der Waals surface area contributed by atoms with Crippen LogP contribution in [0.4, 0.5) is 5.69 Å². The van der Waals surface area contributed by atoms with Gasteiger partial charge in [-0.15, -0.1) is 0 Å². The molecule has 1 unspecified atom stereocenters. The fourth-order valence-electron chi connectivity index (χ4n) is 3.67. The van der Waals surface area contributed by atoms with Gasteiger partial charge in [-0.05, 0) is 24.6 Å². The molecule has 0 spiro atoms. The summed E-state index contributed by atoms with van der Waals surface area (Å²) in [6, 6.07) is 13.8. The molecule has 1 atom stereocenters. The number of aryl methyl sites for hydroxylation is 1. The van der Waals surface area contributed by atoms with Gasteiger partial charge in [-0.25, -0.2) is 0 Å². The summed E-state index contributed by atoms with van der Waals surface area (Å²) in [5, 5.41) is 18.3. The minimum atomic E-state index is -0.437. The van der Waals surface area contributed by atoms with Crippen LogP contribution in [0.5, 0.6) is 0 Å². The summed E-state index contributed by atoms with van der Waals surface area (Å²) in [6.07, 6.45) is 0. The number of nitro benzene ring substituents is 1. The number of amides is 1. The topological polar surface area (TPSA) is 101 Å². The molecular formula is C21H20N4O4. The molecule has 8 heteroatoms. The van der Waals surface area contributed by atoms with E-state index in [9.17, 15) is 14.9 Å². The Labute approximate surface area is 167 Å². The lowest BCUT2D eigenvalue weighted by Crippen LogP contribution is -2.32. The van der Waals surface area contributed by atoms with Crippen molar-refractivity contribution in [2.45, 2.75) is 13.0 Å². The van der Waals surface area contributed by atoms with Gasteiger partial charge in [0, 0.05) is 36.9 Å². The van der Waals surface area contributed by atoms with E-state index in [4.69, 9.17) is 4.74 Å². The number of carbonyl (C=O) groups is 1. The number of nitrogens with zero attached hydrogens (tertiary/aromatic N) is 3. The summed E-state index contributed by atoms with van der Waals surface area (Å²) in [4.78, 5) is 25.4. The number of rotatable bonds is 6. The van der Waals surface area contributed by atoms with Gasteiger partial charge >= 0.3 is 0 Å². The maximum atomic E-state index is 13.1. The van der Waals surface area contributed by atoms with Crippen molar-refractivity contribution in [3.63, 3.8) is 0 Å². The Morgan fingerprint density at radius 3 is 2.48 bits per heavy atom. The molecule has 1 aromatic heterocycles. The molecule has 0 fully saturated rings. The molecule has 2 aromatic carbocycles. The van der Waals surface area contributed by atoms with Crippen LogP contribution >= 0.6 is 0 Å². The second-order valence-corrected chi connectivity index (χ2v) is 6.97. The zero-order chi connectivity index (χ0) is 20.5. The first-order chi connectivity index (χ1) is 14.0. The summed E-state index contributed by atoms with van der Waals surface area (Å²) in [7, 11) is 1.58. The lowest BCUT2D eigenvalue weighted by atomic mass is 9.95. The molecule has 0 aliphatic carbocycles. The number of aromatic nitrogens is 2. The second-order valence-electron chi connectivity index (χ2n) is 6.97. The van der Waals surface area contributed by atoms with Gasteiger partial charge < -0.3 is 9.64 Å². The Kier molecular flexibility index (Phi) is 4.85. The number of nitro groups is 1. The zero-order valence-electron chi connectivity index (χ0n) is 16.1. The smallest absolute Gasteiger partial charge is 0.273 e. The third-order valence-electron chi connectivity index (χ3n) is 5.14. The molecule has 4 rings (SSSR count). The molecule has 1 aliphatic heterocycles. The number of aromatic amines is 1. The Morgan fingerprint density at radius 1 is 1.17 bits per heavy atom. The summed E-state index contributed by atoms with van der Waals surface area (Å²) in [5.41, 5.74) is 4.76. The number of hydrogen-bond donors (Lipinski definition) is 1. The fourth-order valence-corrected chi connectivity index (χ4v) is 3.67. The largest absolute Gasteiger partial charge is 0.383 e. The highest BCUT2D eigenvalue weighted by Crippen LogP contribution is 2.42. The molecule has 1 amide bonds. The SMILES string of the molecule is COCCN1C(=O)c2[nH]nc(-c3ccc(C)cc3)c2C1c1ccc([N+](=O)[O-])cc1. The minimum absolute atomic E-state index is 0.00712. The monoisotopic (exact) mass is 392 g/mol. The van der Waals surface area contributed by atoms with Crippen molar-refractivity contribution in [1.82, 2.24) is 15.1 Å². The Bertz CT molecular complexity index is 1060. The summed E-state index contributed by atoms with van der Waals surface area (Å²) >= 11 is 0. The van der Waals surface area contributed by atoms with Crippen molar-refractivity contribution in [3.05, 3.63) is 81.0 Å². The first-order valence-corrected chi connectivity index (χ1v) is 9.21. The second kappa shape index (κ2) is 7.48. The number of nitrogens with one attached hydrogen (secondary N) is 1. The number of hydrogen-bond acceptors (Lipinski definition) is 5. The van der Waals surface area contributed by atoms with E-state index in [0.717, 1.165) is 22.3 Å². The first-order valence-electron chi connectivity index (χ1n) is 9.21. The molecule has 8 nitrogen and oxygen atoms in total. The van der Waals surface area contributed by atoms with Crippen molar-refractivity contribution in [1.29, 1.82) is 0 Å². The standard InChI is InChI=1S/C21H20N4O4/c1-13-3-5-14(6-4-13)18-17-19(23-22-18)21(26)24(11-12-29-2)20(17)15-7-9-16(10-8-15)25(27)28/h3-10,20H,11-12H2,1-2H3,(H,22,23). The van der Waals surface area contributed by atoms with E-state index in [1.54, 1.807) is 24.1 Å². The number of H-pyrrole nitrogens is 1. The molecular weight excluding hydrogens is 372 g/mol. The summed E-state index contributed by atoms with van der Waals surface area (Å²) in [6.45, 7) is 2.79. The fraction of sp³-hybridized carbons (Fsp3) is 0.238. The number of ether oxygens (including phenoxy) is 1. The van der Waals surface area contributed by atoms with Crippen LogP contribution in [-0.2, 0) is 4.74 Å². The van der Waals surface area contributed by atoms with E-state index in [2.05, 4.69) is 10.2 Å². The van der Waals surface area contributed by atoms with E-state index in [1.807, 2.05) is 31.2 Å². The van der Waals surface area contributed by atoms with Gasteiger partial charge in [-0.3, -0.25) is 20.0 Å². The maximum absolute atomic E-state index is 13.1. The maximum Gasteiger partial charge on any atom is 0.273 e. The lowest BCUT2D eigenvalue weighted by Gasteiger charge is -2.26.